The fraction of sp³-hybridized carbons (Fsp3) is 0.667. The number of nitrogens with two attached hydrogens (primary N) is 1. The van der Waals surface area contributed by atoms with E-state index in [1.165, 1.54) is 0 Å². The molecule has 1 aromatic carbocycles. The molecule has 2 N–H and O–H groups in total. The van der Waals surface area contributed by atoms with Crippen LogP contribution in [0.4, 0.5) is 4.79 Å². The van der Waals surface area contributed by atoms with Crippen LogP contribution < -0.4 is 15.9 Å². The van der Waals surface area contributed by atoms with E-state index in [0.717, 1.165) is 16.8 Å². The summed E-state index contributed by atoms with van der Waals surface area (Å²) in [4.78, 5) is 11.3. The highest BCUT2D eigenvalue weighted by atomic mass is 16.7. The predicted octanol–water partition coefficient (Wildman–Crippen LogP) is 3.57. The van der Waals surface area contributed by atoms with Gasteiger partial charge < -0.3 is 24.5 Å². The van der Waals surface area contributed by atoms with Crippen molar-refractivity contribution in [3.8, 4) is 5.75 Å². The van der Waals surface area contributed by atoms with Crippen molar-refractivity contribution in [2.75, 3.05) is 6.61 Å². The minimum atomic E-state index is -0.792. The molecule has 156 valence electrons. The molecule has 1 aliphatic heterocycles. The van der Waals surface area contributed by atoms with E-state index < -0.39 is 18.8 Å². The summed E-state index contributed by atoms with van der Waals surface area (Å²) in [5, 5.41) is 0. The van der Waals surface area contributed by atoms with Crippen LogP contribution in [0.25, 0.3) is 0 Å². The fourth-order valence-electron chi connectivity index (χ4n) is 3.43. The van der Waals surface area contributed by atoms with Crippen LogP contribution in [-0.2, 0) is 14.0 Å². The Kier molecular flexibility index (Phi) is 6.41. The van der Waals surface area contributed by atoms with Gasteiger partial charge >= 0.3 is 13.2 Å². The first-order valence-corrected chi connectivity index (χ1v) is 9.82. The molecule has 0 aromatic heterocycles. The van der Waals surface area contributed by atoms with Crippen molar-refractivity contribution in [3.63, 3.8) is 0 Å². The molecule has 1 heterocycles. The number of aryl methyl sites for hydroxylation is 1. The topological polar surface area (TPSA) is 80.0 Å². The first-order valence-electron chi connectivity index (χ1n) is 9.82. The highest BCUT2D eigenvalue weighted by Gasteiger charge is 2.51. The molecule has 28 heavy (non-hydrogen) atoms. The number of benzene rings is 1. The van der Waals surface area contributed by atoms with Crippen LogP contribution in [-0.4, -0.2) is 36.6 Å². The lowest BCUT2D eigenvalue weighted by atomic mass is 9.78. The fourth-order valence-corrected chi connectivity index (χ4v) is 3.43. The Morgan fingerprint density at radius 1 is 1.21 bits per heavy atom. The number of ether oxygens (including phenoxy) is 2. The van der Waals surface area contributed by atoms with E-state index in [1.807, 2.05) is 59.7 Å². The summed E-state index contributed by atoms with van der Waals surface area (Å²) in [6, 6.07) is 5.85. The summed E-state index contributed by atoms with van der Waals surface area (Å²) in [7, 11) is -0.415. The highest BCUT2D eigenvalue weighted by Crippen LogP contribution is 2.36. The van der Waals surface area contributed by atoms with Gasteiger partial charge in [-0.1, -0.05) is 26.0 Å². The van der Waals surface area contributed by atoms with Gasteiger partial charge in [0.15, 0.2) is 0 Å². The van der Waals surface area contributed by atoms with Crippen LogP contribution in [0.5, 0.6) is 5.75 Å². The van der Waals surface area contributed by atoms with Gasteiger partial charge in [0.05, 0.1) is 11.2 Å². The van der Waals surface area contributed by atoms with E-state index in [0.29, 0.717) is 12.3 Å². The maximum absolute atomic E-state index is 11.3. The smallest absolute Gasteiger partial charge is 0.489 e. The van der Waals surface area contributed by atoms with Crippen LogP contribution in [0.1, 0.15) is 60.5 Å². The molecule has 0 radical (unpaired) electrons. The van der Waals surface area contributed by atoms with Gasteiger partial charge in [-0.15, -0.1) is 0 Å². The molecule has 0 spiro atoms. The Morgan fingerprint density at radius 3 is 2.25 bits per heavy atom. The number of hydrogen-bond donors (Lipinski definition) is 1. The molecule has 1 amide bonds. The lowest BCUT2D eigenvalue weighted by Crippen LogP contribution is -2.41. The monoisotopic (exact) mass is 391 g/mol. The standard InChI is InChI=1S/C21H34BNO5/c1-14(2)12-21(8,26-18(23)24)13-25-17-10-9-16(11-15(17)3)22-27-19(4,5)20(6,7)28-22/h9-11,14H,12-13H2,1-8H3,(H2,23,24)/t21-/m0/s1. The summed E-state index contributed by atoms with van der Waals surface area (Å²) >= 11 is 0. The number of primary amides is 1. The van der Waals surface area contributed by atoms with Crippen molar-refractivity contribution in [2.24, 2.45) is 11.7 Å². The van der Waals surface area contributed by atoms with Gasteiger partial charge in [0.25, 0.3) is 0 Å². The number of amides is 1. The molecular formula is C21H34BNO5. The zero-order valence-corrected chi connectivity index (χ0v) is 18.4. The van der Waals surface area contributed by atoms with E-state index in [4.69, 9.17) is 24.5 Å². The Labute approximate surface area is 169 Å². The second-order valence-electron chi connectivity index (χ2n) is 9.37. The molecular weight excluding hydrogens is 357 g/mol. The van der Waals surface area contributed by atoms with Crippen LogP contribution in [0.3, 0.4) is 0 Å². The third-order valence-electron chi connectivity index (χ3n) is 5.44. The van der Waals surface area contributed by atoms with Crippen molar-refractivity contribution in [1.29, 1.82) is 0 Å². The number of hydrogen-bond acceptors (Lipinski definition) is 5. The summed E-state index contributed by atoms with van der Waals surface area (Å²) in [6.07, 6.45) is -0.138. The van der Waals surface area contributed by atoms with E-state index in [1.54, 1.807) is 0 Å². The average Bonchev–Trinajstić information content (AvgIpc) is 2.72. The third kappa shape index (κ3) is 5.20. The maximum atomic E-state index is 11.3. The summed E-state index contributed by atoms with van der Waals surface area (Å²) in [5.74, 6) is 1.06. The lowest BCUT2D eigenvalue weighted by Gasteiger charge is -2.32. The van der Waals surface area contributed by atoms with Crippen LogP contribution >= 0.6 is 0 Å². The van der Waals surface area contributed by atoms with Crippen molar-refractivity contribution in [1.82, 2.24) is 0 Å². The minimum Gasteiger partial charge on any atom is -0.489 e. The second-order valence-corrected chi connectivity index (χ2v) is 9.37. The Hall–Kier alpha value is -1.73. The first-order chi connectivity index (χ1) is 12.7. The molecule has 0 unspecified atom stereocenters. The molecule has 0 saturated carbocycles. The predicted molar refractivity (Wildman–Crippen MR) is 111 cm³/mol. The van der Waals surface area contributed by atoms with E-state index in [-0.39, 0.29) is 17.8 Å². The van der Waals surface area contributed by atoms with Gasteiger partial charge in [-0.05, 0) is 71.0 Å². The molecule has 0 bridgehead atoms. The Balaban J connectivity index is 2.11. The molecule has 1 fully saturated rings. The maximum Gasteiger partial charge on any atom is 0.494 e. The molecule has 1 saturated heterocycles. The Bertz CT molecular complexity index is 703. The molecule has 1 aromatic rings. The first kappa shape index (κ1) is 22.6. The minimum absolute atomic E-state index is 0.227. The lowest BCUT2D eigenvalue weighted by molar-refractivity contribution is -0.0187. The van der Waals surface area contributed by atoms with Gasteiger partial charge in [0.2, 0.25) is 0 Å². The average molecular weight is 391 g/mol. The number of rotatable bonds is 7. The molecule has 1 aliphatic rings. The van der Waals surface area contributed by atoms with Crippen LogP contribution in [0.2, 0.25) is 0 Å². The van der Waals surface area contributed by atoms with Crippen LogP contribution in [0.15, 0.2) is 18.2 Å². The third-order valence-corrected chi connectivity index (χ3v) is 5.44. The van der Waals surface area contributed by atoms with Gasteiger partial charge in [-0.3, -0.25) is 0 Å². The molecule has 1 atom stereocenters. The second kappa shape index (κ2) is 7.95. The van der Waals surface area contributed by atoms with Gasteiger partial charge in [0.1, 0.15) is 18.0 Å². The molecule has 7 heteroatoms. The van der Waals surface area contributed by atoms with E-state index in [2.05, 4.69) is 13.8 Å². The van der Waals surface area contributed by atoms with Gasteiger partial charge in [-0.2, -0.15) is 0 Å². The summed E-state index contributed by atoms with van der Waals surface area (Å²) < 4.78 is 23.5. The molecule has 6 nitrogen and oxygen atoms in total. The quantitative estimate of drug-likeness (QED) is 0.719. The van der Waals surface area contributed by atoms with Gasteiger partial charge in [-0.25, -0.2) is 4.79 Å². The van der Waals surface area contributed by atoms with Crippen molar-refractivity contribution in [2.45, 2.75) is 78.6 Å². The van der Waals surface area contributed by atoms with Crippen molar-refractivity contribution >= 4 is 18.7 Å². The number of carbonyl (C=O) groups excluding carboxylic acids is 1. The van der Waals surface area contributed by atoms with E-state index in [9.17, 15) is 4.79 Å². The normalized spacial score (nSPS) is 20.1. The zero-order valence-electron chi connectivity index (χ0n) is 18.4. The summed E-state index contributed by atoms with van der Waals surface area (Å²) in [6.45, 7) is 16.3. The Morgan fingerprint density at radius 2 is 1.79 bits per heavy atom. The molecule has 0 aliphatic carbocycles. The number of carbonyl (C=O) groups is 1. The zero-order chi connectivity index (χ0) is 21.3. The van der Waals surface area contributed by atoms with E-state index >= 15 is 0 Å². The molecule has 2 rings (SSSR count). The highest BCUT2D eigenvalue weighted by molar-refractivity contribution is 6.62. The van der Waals surface area contributed by atoms with Gasteiger partial charge in [0, 0.05) is 0 Å². The van der Waals surface area contributed by atoms with Crippen LogP contribution in [0, 0.1) is 12.8 Å². The SMILES string of the molecule is Cc1cc(B2OC(C)(C)C(C)(C)O2)ccc1OC[C@](C)(CC(C)C)OC(N)=O. The largest absolute Gasteiger partial charge is 0.494 e. The van der Waals surface area contributed by atoms with Crippen molar-refractivity contribution < 1.29 is 23.6 Å². The summed E-state index contributed by atoms with van der Waals surface area (Å²) in [5.41, 5.74) is 5.60. The van der Waals surface area contributed by atoms with Crippen molar-refractivity contribution in [3.05, 3.63) is 23.8 Å².